The van der Waals surface area contributed by atoms with Gasteiger partial charge in [0.05, 0.1) is 12.3 Å². The Bertz CT molecular complexity index is 709. The third-order valence-electron chi connectivity index (χ3n) is 4.39. The lowest BCUT2D eigenvalue weighted by Gasteiger charge is -2.06. The molecular formula is C22H26NP2+. The molecule has 0 saturated heterocycles. The summed E-state index contributed by atoms with van der Waals surface area (Å²) in [7, 11) is 4.11. The van der Waals surface area contributed by atoms with Crippen molar-refractivity contribution in [3.8, 4) is 0 Å². The molecule has 2 atom stereocenters. The maximum Gasteiger partial charge on any atom is 0.185 e. The Balaban J connectivity index is 1.52. The Kier molecular flexibility index (Phi) is 7.16. The molecule has 0 saturated carbocycles. The van der Waals surface area contributed by atoms with Gasteiger partial charge in [0.25, 0.3) is 0 Å². The lowest BCUT2D eigenvalue weighted by Crippen LogP contribution is -2.37. The second-order valence-corrected chi connectivity index (χ2v) is 8.66. The van der Waals surface area contributed by atoms with E-state index < -0.39 is 0 Å². The molecule has 0 fully saturated rings. The van der Waals surface area contributed by atoms with E-state index in [1.54, 1.807) is 0 Å². The Morgan fingerprint density at radius 3 is 1.44 bits per heavy atom. The molecule has 0 aliphatic heterocycles. The van der Waals surface area contributed by atoms with Crippen molar-refractivity contribution < 1.29 is 4.57 Å². The van der Waals surface area contributed by atoms with Crippen LogP contribution in [0.1, 0.15) is 22.5 Å². The van der Waals surface area contributed by atoms with Crippen molar-refractivity contribution in [2.75, 3.05) is 0 Å². The number of aromatic nitrogens is 1. The van der Waals surface area contributed by atoms with E-state index in [1.165, 1.54) is 47.2 Å². The summed E-state index contributed by atoms with van der Waals surface area (Å²) in [6.45, 7) is 0. The third-order valence-corrected chi connectivity index (χ3v) is 6.94. The fraction of sp³-hybridized carbons (Fsp3) is 0.227. The number of nitrogens with zero attached hydrogens (tertiary/aromatic N) is 1. The summed E-state index contributed by atoms with van der Waals surface area (Å²) < 4.78 is 2.41. The van der Waals surface area contributed by atoms with E-state index in [4.69, 9.17) is 0 Å². The van der Waals surface area contributed by atoms with Gasteiger partial charge >= 0.3 is 0 Å². The Hall–Kier alpha value is -1.55. The van der Waals surface area contributed by atoms with E-state index in [0.717, 1.165) is 17.2 Å². The molecule has 3 aromatic rings. The summed E-state index contributed by atoms with van der Waals surface area (Å²) in [6, 6.07) is 28.4. The molecule has 0 aliphatic carbocycles. The maximum atomic E-state index is 2.41. The van der Waals surface area contributed by atoms with Crippen molar-refractivity contribution in [2.24, 2.45) is 7.05 Å². The normalized spacial score (nSPS) is 11.7. The number of hydrogen-bond donors (Lipinski definition) is 0. The van der Waals surface area contributed by atoms with Crippen molar-refractivity contribution >= 4 is 17.2 Å². The molecule has 2 aromatic carbocycles. The first-order valence-corrected chi connectivity index (χ1v) is 11.6. The second-order valence-electron chi connectivity index (χ2n) is 6.25. The van der Waals surface area contributed by atoms with E-state index in [1.807, 2.05) is 0 Å². The number of hydrogen-bond acceptors (Lipinski definition) is 0. The molecule has 0 amide bonds. The topological polar surface area (TPSA) is 3.88 Å². The van der Waals surface area contributed by atoms with Crippen LogP contribution in [-0.2, 0) is 31.7 Å². The van der Waals surface area contributed by atoms with Crippen LogP contribution >= 0.6 is 17.2 Å². The van der Waals surface area contributed by atoms with Crippen LogP contribution in [-0.4, -0.2) is 0 Å². The fourth-order valence-electron chi connectivity index (χ4n) is 2.89. The molecule has 0 N–H and O–H groups in total. The third kappa shape index (κ3) is 5.74. The standard InChI is InChI=1S/C22H26NP2/c1-23-21(17-24-15-19-9-4-2-5-10-19)13-8-14-22(23)18-25-16-20-11-6-3-7-12-20/h2-14,24-25H,15-18H2,1H3/q+1. The van der Waals surface area contributed by atoms with E-state index >= 15 is 0 Å². The lowest BCUT2D eigenvalue weighted by atomic mass is 10.2. The van der Waals surface area contributed by atoms with Gasteiger partial charge in [-0.2, -0.15) is 0 Å². The summed E-state index contributed by atoms with van der Waals surface area (Å²) in [5, 5.41) is 0. The van der Waals surface area contributed by atoms with Crippen LogP contribution in [0.3, 0.4) is 0 Å². The predicted molar refractivity (Wildman–Crippen MR) is 112 cm³/mol. The molecule has 3 rings (SSSR count). The van der Waals surface area contributed by atoms with E-state index in [-0.39, 0.29) is 0 Å². The molecule has 0 aliphatic rings. The monoisotopic (exact) mass is 366 g/mol. The van der Waals surface area contributed by atoms with Gasteiger partial charge in [0.2, 0.25) is 0 Å². The maximum absolute atomic E-state index is 2.41. The number of rotatable bonds is 8. The lowest BCUT2D eigenvalue weighted by molar-refractivity contribution is -0.684. The summed E-state index contributed by atoms with van der Waals surface area (Å²) >= 11 is 0. The molecule has 0 spiro atoms. The molecule has 2 unspecified atom stereocenters. The van der Waals surface area contributed by atoms with Gasteiger partial charge < -0.3 is 0 Å². The highest BCUT2D eigenvalue weighted by atomic mass is 31.1. The first kappa shape index (κ1) is 18.2. The fourth-order valence-corrected chi connectivity index (χ4v) is 5.42. The molecule has 0 bridgehead atoms. The Morgan fingerprint density at radius 1 is 0.560 bits per heavy atom. The zero-order valence-corrected chi connectivity index (χ0v) is 16.8. The molecule has 128 valence electrons. The highest BCUT2D eigenvalue weighted by Crippen LogP contribution is 2.25. The predicted octanol–water partition coefficient (Wildman–Crippen LogP) is 5.27. The zero-order valence-electron chi connectivity index (χ0n) is 14.8. The van der Waals surface area contributed by atoms with Gasteiger partial charge in [-0.25, -0.2) is 4.57 Å². The van der Waals surface area contributed by atoms with Gasteiger partial charge in [-0.05, 0) is 29.5 Å². The van der Waals surface area contributed by atoms with Crippen LogP contribution < -0.4 is 4.57 Å². The van der Waals surface area contributed by atoms with Crippen LogP contribution in [0.2, 0.25) is 0 Å². The van der Waals surface area contributed by atoms with Gasteiger partial charge in [0.1, 0.15) is 7.05 Å². The molecule has 25 heavy (non-hydrogen) atoms. The van der Waals surface area contributed by atoms with E-state index in [0.29, 0.717) is 0 Å². The molecule has 1 heterocycles. The van der Waals surface area contributed by atoms with Crippen molar-refractivity contribution in [3.05, 3.63) is 101 Å². The van der Waals surface area contributed by atoms with Crippen molar-refractivity contribution in [2.45, 2.75) is 24.6 Å². The zero-order chi connectivity index (χ0) is 17.3. The molecule has 1 nitrogen and oxygen atoms in total. The minimum Gasteiger partial charge on any atom is -0.202 e. The molecular weight excluding hydrogens is 340 g/mol. The summed E-state index contributed by atoms with van der Waals surface area (Å²) in [5.41, 5.74) is 5.81. The molecule has 1 aromatic heterocycles. The van der Waals surface area contributed by atoms with Gasteiger partial charge in [-0.1, -0.05) is 60.7 Å². The largest absolute Gasteiger partial charge is 0.202 e. The van der Waals surface area contributed by atoms with Gasteiger partial charge in [-0.3, -0.25) is 0 Å². The second kappa shape index (κ2) is 9.81. The Morgan fingerprint density at radius 2 is 1.00 bits per heavy atom. The number of benzene rings is 2. The quantitative estimate of drug-likeness (QED) is 0.378. The first-order valence-electron chi connectivity index (χ1n) is 8.79. The van der Waals surface area contributed by atoms with Crippen LogP contribution in [0.5, 0.6) is 0 Å². The van der Waals surface area contributed by atoms with Gasteiger partial charge in [0, 0.05) is 12.1 Å². The smallest absolute Gasteiger partial charge is 0.185 e. The van der Waals surface area contributed by atoms with Crippen molar-refractivity contribution in [3.63, 3.8) is 0 Å². The van der Waals surface area contributed by atoms with Crippen LogP contribution in [0, 0.1) is 0 Å². The highest BCUT2D eigenvalue weighted by molar-refractivity contribution is 7.36. The average molecular weight is 366 g/mol. The summed E-state index contributed by atoms with van der Waals surface area (Å²) in [5.74, 6) is 0. The highest BCUT2D eigenvalue weighted by Gasteiger charge is 2.12. The average Bonchev–Trinajstić information content (AvgIpc) is 2.66. The summed E-state index contributed by atoms with van der Waals surface area (Å²) in [6.07, 6.45) is 4.70. The van der Waals surface area contributed by atoms with Gasteiger partial charge in [0.15, 0.2) is 11.4 Å². The Labute approximate surface area is 155 Å². The van der Waals surface area contributed by atoms with Crippen molar-refractivity contribution in [1.29, 1.82) is 0 Å². The minimum absolute atomic E-state index is 0.941. The summed E-state index contributed by atoms with van der Waals surface area (Å²) in [4.78, 5) is 0. The van der Waals surface area contributed by atoms with Crippen molar-refractivity contribution in [1.82, 2.24) is 0 Å². The SMILES string of the molecule is C[n+]1c(CPCc2ccccc2)cccc1CPCc1ccccc1. The van der Waals surface area contributed by atoms with E-state index in [2.05, 4.69) is 90.5 Å². The van der Waals surface area contributed by atoms with Gasteiger partial charge in [-0.15, -0.1) is 17.2 Å². The van der Waals surface area contributed by atoms with Crippen LogP contribution in [0.15, 0.2) is 78.9 Å². The number of pyridine rings is 1. The minimum atomic E-state index is 0.941. The van der Waals surface area contributed by atoms with Crippen LogP contribution in [0.4, 0.5) is 0 Å². The van der Waals surface area contributed by atoms with Crippen LogP contribution in [0.25, 0.3) is 0 Å². The first-order chi connectivity index (χ1) is 12.3. The van der Waals surface area contributed by atoms with E-state index in [9.17, 15) is 0 Å². The molecule has 0 radical (unpaired) electrons. The molecule has 3 heteroatoms.